The molecule has 0 atom stereocenters. The van der Waals surface area contributed by atoms with Gasteiger partial charge in [-0.05, 0) is 12.1 Å². The molecular weight excluding hydrogens is 311 g/mol. The SMILES string of the molecule is Cn1nc(C(=O)Nc2cccc(O)c2)c(Cl)c1C(F)(F)F. The molecule has 21 heavy (non-hydrogen) atoms. The van der Waals surface area contributed by atoms with Crippen LogP contribution in [0.2, 0.25) is 5.02 Å². The minimum atomic E-state index is -4.72. The maximum Gasteiger partial charge on any atom is 0.434 e. The molecule has 0 aliphatic heterocycles. The molecule has 0 aliphatic carbocycles. The Morgan fingerprint density at radius 3 is 2.62 bits per heavy atom. The third kappa shape index (κ3) is 3.10. The first-order valence-corrected chi connectivity index (χ1v) is 5.98. The summed E-state index contributed by atoms with van der Waals surface area (Å²) in [5.41, 5.74) is -1.55. The van der Waals surface area contributed by atoms with Crippen LogP contribution >= 0.6 is 11.6 Å². The van der Waals surface area contributed by atoms with Gasteiger partial charge in [-0.3, -0.25) is 9.48 Å². The standard InChI is InChI=1S/C12H9ClF3N3O2/c1-19-10(12(14,15)16)8(13)9(18-19)11(21)17-6-3-2-4-7(20)5-6/h2-5,20H,1H3,(H,17,21). The van der Waals surface area contributed by atoms with Gasteiger partial charge >= 0.3 is 6.18 Å². The quantitative estimate of drug-likeness (QED) is 0.894. The molecule has 0 bridgehead atoms. The van der Waals surface area contributed by atoms with Crippen molar-refractivity contribution in [3.63, 3.8) is 0 Å². The van der Waals surface area contributed by atoms with Crippen molar-refractivity contribution in [2.45, 2.75) is 6.18 Å². The average Bonchev–Trinajstić information content (AvgIpc) is 2.64. The molecule has 5 nitrogen and oxygen atoms in total. The second kappa shape index (κ2) is 5.28. The highest BCUT2D eigenvalue weighted by Gasteiger charge is 2.39. The van der Waals surface area contributed by atoms with Crippen molar-refractivity contribution in [3.05, 3.63) is 40.7 Å². The van der Waals surface area contributed by atoms with Crippen molar-refractivity contribution in [2.24, 2.45) is 7.05 Å². The van der Waals surface area contributed by atoms with E-state index in [9.17, 15) is 23.1 Å². The number of aromatic hydroxyl groups is 1. The van der Waals surface area contributed by atoms with Gasteiger partial charge in [-0.2, -0.15) is 18.3 Å². The monoisotopic (exact) mass is 319 g/mol. The number of carbonyl (C=O) groups excluding carboxylic acids is 1. The number of phenolic OH excluding ortho intramolecular Hbond substituents is 1. The number of nitrogens with zero attached hydrogens (tertiary/aromatic N) is 2. The van der Waals surface area contributed by atoms with Crippen LogP contribution in [0.3, 0.4) is 0 Å². The van der Waals surface area contributed by atoms with Gasteiger partial charge in [0.15, 0.2) is 11.4 Å². The van der Waals surface area contributed by atoms with Crippen molar-refractivity contribution >= 4 is 23.2 Å². The smallest absolute Gasteiger partial charge is 0.434 e. The summed E-state index contributed by atoms with van der Waals surface area (Å²) in [6, 6.07) is 5.54. The topological polar surface area (TPSA) is 67.2 Å². The first-order chi connectivity index (χ1) is 9.70. The van der Waals surface area contributed by atoms with Gasteiger partial charge in [-0.1, -0.05) is 17.7 Å². The summed E-state index contributed by atoms with van der Waals surface area (Å²) in [4.78, 5) is 11.9. The van der Waals surface area contributed by atoms with E-state index < -0.39 is 28.5 Å². The highest BCUT2D eigenvalue weighted by Crippen LogP contribution is 2.36. The number of alkyl halides is 3. The van der Waals surface area contributed by atoms with Crippen LogP contribution in [0.5, 0.6) is 5.75 Å². The van der Waals surface area contributed by atoms with Gasteiger partial charge in [0, 0.05) is 18.8 Å². The van der Waals surface area contributed by atoms with E-state index >= 15 is 0 Å². The molecule has 0 aliphatic rings. The fourth-order valence-electron chi connectivity index (χ4n) is 1.73. The summed E-state index contributed by atoms with van der Waals surface area (Å²) in [5.74, 6) is -1.01. The minimum absolute atomic E-state index is 0.101. The lowest BCUT2D eigenvalue weighted by Gasteiger charge is -2.06. The summed E-state index contributed by atoms with van der Waals surface area (Å²) in [5, 5.41) is 14.3. The Labute approximate surface area is 121 Å². The number of hydrogen-bond donors (Lipinski definition) is 2. The zero-order valence-corrected chi connectivity index (χ0v) is 11.3. The van der Waals surface area contributed by atoms with Gasteiger partial charge in [0.2, 0.25) is 0 Å². The van der Waals surface area contributed by atoms with Crippen LogP contribution in [0.15, 0.2) is 24.3 Å². The van der Waals surface area contributed by atoms with E-state index in [0.29, 0.717) is 4.68 Å². The van der Waals surface area contributed by atoms with Gasteiger partial charge in [-0.15, -0.1) is 0 Å². The van der Waals surface area contributed by atoms with Crippen LogP contribution in [0, 0.1) is 0 Å². The maximum atomic E-state index is 12.8. The molecule has 2 aromatic rings. The normalized spacial score (nSPS) is 11.5. The molecule has 0 saturated heterocycles. The molecule has 1 aromatic heterocycles. The van der Waals surface area contributed by atoms with Crippen LogP contribution < -0.4 is 5.32 Å². The Hall–Kier alpha value is -2.22. The van der Waals surface area contributed by atoms with Crippen LogP contribution in [0.25, 0.3) is 0 Å². The Morgan fingerprint density at radius 2 is 2.10 bits per heavy atom. The number of hydrogen-bond acceptors (Lipinski definition) is 3. The van der Waals surface area contributed by atoms with Crippen molar-refractivity contribution < 1.29 is 23.1 Å². The predicted octanol–water partition coefficient (Wildman–Crippen LogP) is 3.05. The molecule has 0 radical (unpaired) electrons. The van der Waals surface area contributed by atoms with Gasteiger partial charge in [0.05, 0.1) is 0 Å². The molecule has 0 fully saturated rings. The minimum Gasteiger partial charge on any atom is -0.508 e. The van der Waals surface area contributed by atoms with E-state index in [0.717, 1.165) is 7.05 Å². The summed E-state index contributed by atoms with van der Waals surface area (Å²) in [6.07, 6.45) is -4.72. The fourth-order valence-corrected chi connectivity index (χ4v) is 2.08. The molecule has 0 saturated carbocycles. The largest absolute Gasteiger partial charge is 0.508 e. The molecule has 0 spiro atoms. The number of aromatic nitrogens is 2. The van der Waals surface area contributed by atoms with Crippen molar-refractivity contribution in [3.8, 4) is 5.75 Å². The second-order valence-corrected chi connectivity index (χ2v) is 4.51. The third-order valence-corrected chi connectivity index (χ3v) is 2.94. The van der Waals surface area contributed by atoms with Gasteiger partial charge in [0.1, 0.15) is 10.8 Å². The van der Waals surface area contributed by atoms with Crippen molar-refractivity contribution in [1.82, 2.24) is 9.78 Å². The van der Waals surface area contributed by atoms with Crippen LogP contribution in [-0.2, 0) is 13.2 Å². The van der Waals surface area contributed by atoms with E-state index in [2.05, 4.69) is 10.4 Å². The van der Waals surface area contributed by atoms with Crippen LogP contribution in [-0.4, -0.2) is 20.8 Å². The first kappa shape index (κ1) is 15.2. The molecule has 0 unspecified atom stereocenters. The van der Waals surface area contributed by atoms with Gasteiger partial charge in [-0.25, -0.2) is 0 Å². The third-order valence-electron chi connectivity index (χ3n) is 2.58. The Balaban J connectivity index is 2.33. The van der Waals surface area contributed by atoms with E-state index in [1.807, 2.05) is 0 Å². The molecule has 2 N–H and O–H groups in total. The zero-order valence-electron chi connectivity index (χ0n) is 10.6. The molecule has 112 valence electrons. The molecule has 1 aromatic carbocycles. The number of halogens is 4. The summed E-state index contributed by atoms with van der Waals surface area (Å²) in [7, 11) is 1.04. The number of nitrogens with one attached hydrogen (secondary N) is 1. The number of aryl methyl sites for hydroxylation is 1. The Kier molecular flexibility index (Phi) is 3.82. The number of phenols is 1. The lowest BCUT2D eigenvalue weighted by Crippen LogP contribution is -2.13. The van der Waals surface area contributed by atoms with Gasteiger partial charge < -0.3 is 10.4 Å². The molecule has 1 amide bonds. The Morgan fingerprint density at radius 1 is 1.43 bits per heavy atom. The summed E-state index contributed by atoms with van der Waals surface area (Å²) >= 11 is 5.59. The summed E-state index contributed by atoms with van der Waals surface area (Å²) in [6.45, 7) is 0. The zero-order chi connectivity index (χ0) is 15.8. The van der Waals surface area contributed by atoms with E-state index in [1.54, 1.807) is 0 Å². The highest BCUT2D eigenvalue weighted by atomic mass is 35.5. The first-order valence-electron chi connectivity index (χ1n) is 5.60. The molecular formula is C12H9ClF3N3O2. The highest BCUT2D eigenvalue weighted by molar-refractivity contribution is 6.34. The van der Waals surface area contributed by atoms with Crippen LogP contribution in [0.4, 0.5) is 18.9 Å². The predicted molar refractivity (Wildman–Crippen MR) is 69.3 cm³/mol. The molecule has 1 heterocycles. The van der Waals surface area contributed by atoms with Crippen molar-refractivity contribution in [2.75, 3.05) is 5.32 Å². The lowest BCUT2D eigenvalue weighted by atomic mass is 10.2. The Bertz CT molecular complexity index is 698. The average molecular weight is 320 g/mol. The van der Waals surface area contributed by atoms with E-state index in [4.69, 9.17) is 11.6 Å². The molecule has 2 rings (SSSR count). The van der Waals surface area contributed by atoms with E-state index in [1.165, 1.54) is 24.3 Å². The summed E-state index contributed by atoms with van der Waals surface area (Å²) < 4.78 is 38.8. The fraction of sp³-hybridized carbons (Fsp3) is 0.167. The second-order valence-electron chi connectivity index (χ2n) is 4.14. The van der Waals surface area contributed by atoms with Crippen LogP contribution in [0.1, 0.15) is 16.2 Å². The number of benzene rings is 1. The van der Waals surface area contributed by atoms with Crippen molar-refractivity contribution in [1.29, 1.82) is 0 Å². The number of anilines is 1. The number of amides is 1. The lowest BCUT2D eigenvalue weighted by molar-refractivity contribution is -0.143. The number of carbonyl (C=O) groups is 1. The van der Waals surface area contributed by atoms with E-state index in [-0.39, 0.29) is 11.4 Å². The molecule has 9 heteroatoms. The van der Waals surface area contributed by atoms with Gasteiger partial charge in [0.25, 0.3) is 5.91 Å². The maximum absolute atomic E-state index is 12.8. The number of rotatable bonds is 2.